The molecule has 4 heteroatoms. The zero-order chi connectivity index (χ0) is 14.1. The number of furan rings is 1. The Morgan fingerprint density at radius 1 is 1.25 bits per heavy atom. The van der Waals surface area contributed by atoms with Crippen molar-refractivity contribution in [2.75, 3.05) is 6.61 Å². The van der Waals surface area contributed by atoms with Crippen LogP contribution in [-0.4, -0.2) is 6.61 Å². The number of hydrogen-bond acceptors (Lipinski definition) is 4. The molecule has 20 heavy (non-hydrogen) atoms. The van der Waals surface area contributed by atoms with Crippen LogP contribution in [-0.2, 0) is 6.42 Å². The van der Waals surface area contributed by atoms with Gasteiger partial charge in [-0.15, -0.1) is 0 Å². The van der Waals surface area contributed by atoms with Crippen molar-refractivity contribution < 1.29 is 9.15 Å². The Bertz CT molecular complexity index is 619. The van der Waals surface area contributed by atoms with E-state index in [0.717, 1.165) is 47.8 Å². The average Bonchev–Trinajstić information content (AvgIpc) is 2.79. The topological polar surface area (TPSA) is 60.4 Å². The maximum absolute atomic E-state index is 5.88. The van der Waals surface area contributed by atoms with Gasteiger partial charge in [0.1, 0.15) is 17.3 Å². The first-order chi connectivity index (χ1) is 9.70. The molecule has 0 bridgehead atoms. The molecule has 2 aromatic rings. The third kappa shape index (κ3) is 2.21. The van der Waals surface area contributed by atoms with Crippen LogP contribution in [0.2, 0.25) is 0 Å². The van der Waals surface area contributed by atoms with Crippen LogP contribution in [0.3, 0.4) is 0 Å². The summed E-state index contributed by atoms with van der Waals surface area (Å²) < 4.78 is 11.5. The summed E-state index contributed by atoms with van der Waals surface area (Å²) in [4.78, 5) is 0. The minimum atomic E-state index is -0.111. The molecule has 0 saturated heterocycles. The van der Waals surface area contributed by atoms with Gasteiger partial charge in [0.15, 0.2) is 0 Å². The van der Waals surface area contributed by atoms with E-state index in [4.69, 9.17) is 15.0 Å². The smallest absolute Gasteiger partial charge is 0.127 e. The lowest BCUT2D eigenvalue weighted by atomic mass is 9.94. The standard InChI is InChI=1S/C16H20N2O2/c1-10-9-14(11(2)20-10)15(18-17)13-7-3-5-12-6-4-8-19-16(12)13/h3,5,7,9,15,18H,4,6,8,17H2,1-2H3. The molecule has 1 aromatic heterocycles. The van der Waals surface area contributed by atoms with Crippen molar-refractivity contribution in [1.29, 1.82) is 0 Å². The number of rotatable bonds is 3. The van der Waals surface area contributed by atoms with Gasteiger partial charge in [0.25, 0.3) is 0 Å². The SMILES string of the molecule is Cc1cc(C(NN)c2cccc3c2OCCC3)c(C)o1. The summed E-state index contributed by atoms with van der Waals surface area (Å²) in [6.45, 7) is 4.68. The number of fused-ring (bicyclic) bond motifs is 1. The molecular formula is C16H20N2O2. The van der Waals surface area contributed by atoms with Crippen molar-refractivity contribution in [2.45, 2.75) is 32.7 Å². The molecule has 1 aliphatic rings. The Hall–Kier alpha value is -1.78. The highest BCUT2D eigenvalue weighted by Crippen LogP contribution is 2.36. The molecular weight excluding hydrogens is 252 g/mol. The zero-order valence-electron chi connectivity index (χ0n) is 11.9. The molecule has 0 spiro atoms. The molecule has 1 atom stereocenters. The minimum absolute atomic E-state index is 0.111. The van der Waals surface area contributed by atoms with Crippen molar-refractivity contribution in [3.63, 3.8) is 0 Å². The molecule has 3 rings (SSSR count). The molecule has 0 amide bonds. The second-order valence-electron chi connectivity index (χ2n) is 5.26. The third-order valence-corrected chi connectivity index (χ3v) is 3.83. The summed E-state index contributed by atoms with van der Waals surface area (Å²) in [5.41, 5.74) is 6.30. The molecule has 0 radical (unpaired) electrons. The summed E-state index contributed by atoms with van der Waals surface area (Å²) >= 11 is 0. The van der Waals surface area contributed by atoms with E-state index in [2.05, 4.69) is 23.6 Å². The second kappa shape index (κ2) is 5.31. The van der Waals surface area contributed by atoms with Crippen LogP contribution in [0.15, 0.2) is 28.7 Å². The van der Waals surface area contributed by atoms with E-state index in [1.807, 2.05) is 19.9 Å². The van der Waals surface area contributed by atoms with E-state index >= 15 is 0 Å². The van der Waals surface area contributed by atoms with Crippen LogP contribution in [0.1, 0.15) is 40.7 Å². The predicted octanol–water partition coefficient (Wildman–Crippen LogP) is 2.77. The number of nitrogens with two attached hydrogens (primary N) is 1. The number of hydrazine groups is 1. The molecule has 0 aliphatic carbocycles. The van der Waals surface area contributed by atoms with Gasteiger partial charge < -0.3 is 9.15 Å². The number of para-hydroxylation sites is 1. The van der Waals surface area contributed by atoms with E-state index in [0.29, 0.717) is 0 Å². The summed E-state index contributed by atoms with van der Waals surface area (Å²) in [5.74, 6) is 8.55. The van der Waals surface area contributed by atoms with Crippen molar-refractivity contribution in [3.8, 4) is 5.75 Å². The van der Waals surface area contributed by atoms with Gasteiger partial charge in [-0.2, -0.15) is 0 Å². The third-order valence-electron chi connectivity index (χ3n) is 3.83. The van der Waals surface area contributed by atoms with Gasteiger partial charge in [-0.1, -0.05) is 18.2 Å². The number of nitrogens with one attached hydrogen (secondary N) is 1. The highest BCUT2D eigenvalue weighted by atomic mass is 16.5. The Morgan fingerprint density at radius 3 is 2.80 bits per heavy atom. The van der Waals surface area contributed by atoms with Crippen molar-refractivity contribution >= 4 is 0 Å². The Labute approximate surface area is 118 Å². The fraction of sp³-hybridized carbons (Fsp3) is 0.375. The largest absolute Gasteiger partial charge is 0.493 e. The minimum Gasteiger partial charge on any atom is -0.493 e. The van der Waals surface area contributed by atoms with Gasteiger partial charge in [-0.05, 0) is 38.3 Å². The molecule has 1 aliphatic heterocycles. The van der Waals surface area contributed by atoms with E-state index in [9.17, 15) is 0 Å². The lowest BCUT2D eigenvalue weighted by Crippen LogP contribution is -2.30. The van der Waals surface area contributed by atoms with Crippen LogP contribution < -0.4 is 16.0 Å². The lowest BCUT2D eigenvalue weighted by molar-refractivity contribution is 0.283. The highest BCUT2D eigenvalue weighted by molar-refractivity contribution is 5.48. The number of benzene rings is 1. The maximum atomic E-state index is 5.88. The van der Waals surface area contributed by atoms with Gasteiger partial charge in [0.05, 0.1) is 12.6 Å². The van der Waals surface area contributed by atoms with Crippen molar-refractivity contribution in [3.05, 3.63) is 52.5 Å². The molecule has 106 valence electrons. The second-order valence-corrected chi connectivity index (χ2v) is 5.26. The fourth-order valence-electron chi connectivity index (χ4n) is 2.93. The van der Waals surface area contributed by atoms with E-state index in [1.54, 1.807) is 0 Å². The summed E-state index contributed by atoms with van der Waals surface area (Å²) in [5, 5.41) is 0. The highest BCUT2D eigenvalue weighted by Gasteiger charge is 2.24. The molecule has 2 heterocycles. The molecule has 4 nitrogen and oxygen atoms in total. The predicted molar refractivity (Wildman–Crippen MR) is 77.6 cm³/mol. The fourth-order valence-corrected chi connectivity index (χ4v) is 2.93. The normalized spacial score (nSPS) is 15.6. The molecule has 0 saturated carbocycles. The van der Waals surface area contributed by atoms with Gasteiger partial charge >= 0.3 is 0 Å². The maximum Gasteiger partial charge on any atom is 0.127 e. The molecule has 0 fully saturated rings. The monoisotopic (exact) mass is 272 g/mol. The zero-order valence-corrected chi connectivity index (χ0v) is 11.9. The first-order valence-electron chi connectivity index (χ1n) is 6.98. The van der Waals surface area contributed by atoms with Crippen LogP contribution in [0.4, 0.5) is 0 Å². The van der Waals surface area contributed by atoms with Gasteiger partial charge in [-0.25, -0.2) is 5.43 Å². The molecule has 1 aromatic carbocycles. The van der Waals surface area contributed by atoms with Crippen molar-refractivity contribution in [2.24, 2.45) is 5.84 Å². The number of ether oxygens (including phenoxy) is 1. The first-order valence-corrected chi connectivity index (χ1v) is 6.98. The average molecular weight is 272 g/mol. The lowest BCUT2D eigenvalue weighted by Gasteiger charge is -2.24. The van der Waals surface area contributed by atoms with Gasteiger partial charge in [0.2, 0.25) is 0 Å². The molecule has 3 N–H and O–H groups in total. The van der Waals surface area contributed by atoms with Gasteiger partial charge in [0, 0.05) is 11.1 Å². The summed E-state index contributed by atoms with van der Waals surface area (Å²) in [6.07, 6.45) is 2.13. The summed E-state index contributed by atoms with van der Waals surface area (Å²) in [6, 6.07) is 8.17. The number of aryl methyl sites for hydroxylation is 3. The Morgan fingerprint density at radius 2 is 2.10 bits per heavy atom. The van der Waals surface area contributed by atoms with Gasteiger partial charge in [-0.3, -0.25) is 5.84 Å². The van der Waals surface area contributed by atoms with Crippen LogP contribution in [0, 0.1) is 13.8 Å². The number of hydrogen-bond donors (Lipinski definition) is 2. The van der Waals surface area contributed by atoms with Crippen LogP contribution in [0.25, 0.3) is 0 Å². The quantitative estimate of drug-likeness (QED) is 0.666. The van der Waals surface area contributed by atoms with Crippen LogP contribution in [0.5, 0.6) is 5.75 Å². The van der Waals surface area contributed by atoms with E-state index in [1.165, 1.54) is 5.56 Å². The first kappa shape index (κ1) is 13.2. The summed E-state index contributed by atoms with van der Waals surface area (Å²) in [7, 11) is 0. The van der Waals surface area contributed by atoms with E-state index in [-0.39, 0.29) is 6.04 Å². The van der Waals surface area contributed by atoms with Crippen molar-refractivity contribution in [1.82, 2.24) is 5.43 Å². The Balaban J connectivity index is 2.08. The Kier molecular flexibility index (Phi) is 3.51. The van der Waals surface area contributed by atoms with Crippen LogP contribution >= 0.6 is 0 Å². The molecule has 1 unspecified atom stereocenters. The van der Waals surface area contributed by atoms with E-state index < -0.39 is 0 Å².